The van der Waals surface area contributed by atoms with Crippen LogP contribution in [-0.4, -0.2) is 4.57 Å². The molecule has 2 heteroatoms. The van der Waals surface area contributed by atoms with Gasteiger partial charge in [-0.05, 0) is 136 Å². The summed E-state index contributed by atoms with van der Waals surface area (Å²) >= 11 is 0. The Hall–Kier alpha value is -8.77. The van der Waals surface area contributed by atoms with Crippen LogP contribution in [0.15, 0.2) is 231 Å². The molecule has 0 saturated carbocycles. The molecule has 0 atom stereocenters. The number of aromatic nitrogens is 1. The van der Waals surface area contributed by atoms with E-state index >= 15 is 0 Å². The third-order valence-electron chi connectivity index (χ3n) is 13.6. The molecule has 0 aliphatic heterocycles. The molecule has 13 aromatic rings. The molecule has 13 rings (SSSR count). The highest BCUT2D eigenvalue weighted by molar-refractivity contribution is 6.27. The summed E-state index contributed by atoms with van der Waals surface area (Å²) in [5, 5.41) is 22.0. The lowest BCUT2D eigenvalue weighted by molar-refractivity contribution is 1.18. The fourth-order valence-electron chi connectivity index (χ4n) is 10.7. The van der Waals surface area contributed by atoms with Gasteiger partial charge in [-0.1, -0.05) is 188 Å². The zero-order valence-corrected chi connectivity index (χ0v) is 35.3. The molecule has 0 fully saturated rings. The lowest BCUT2D eigenvalue weighted by Gasteiger charge is -2.20. The first-order chi connectivity index (χ1) is 32.2. The quantitative estimate of drug-likeness (QED) is 0.121. The molecule has 2 nitrogen and oxygen atoms in total. The predicted molar refractivity (Wildman–Crippen MR) is 274 cm³/mol. The Morgan fingerprint density at radius 2 is 0.815 bits per heavy atom. The fraction of sp³-hybridized carbons (Fsp3) is 0. The van der Waals surface area contributed by atoms with Gasteiger partial charge in [0, 0.05) is 21.8 Å². The molecule has 0 unspecified atom stereocenters. The number of nitriles is 1. The van der Waals surface area contributed by atoms with Crippen molar-refractivity contribution < 1.29 is 0 Å². The molecule has 300 valence electrons. The van der Waals surface area contributed by atoms with Crippen molar-refractivity contribution in [1.29, 1.82) is 5.26 Å². The second-order valence-electron chi connectivity index (χ2n) is 17.1. The van der Waals surface area contributed by atoms with E-state index in [-0.39, 0.29) is 0 Å². The Balaban J connectivity index is 0.989. The minimum absolute atomic E-state index is 0.696. The van der Waals surface area contributed by atoms with E-state index in [1.165, 1.54) is 87.6 Å². The summed E-state index contributed by atoms with van der Waals surface area (Å²) in [6.45, 7) is 0. The summed E-state index contributed by atoms with van der Waals surface area (Å²) in [5.41, 5.74) is 16.0. The van der Waals surface area contributed by atoms with Gasteiger partial charge in [0.2, 0.25) is 0 Å². The number of hydrogen-bond donors (Lipinski definition) is 0. The number of rotatable bonds is 6. The number of nitrogens with zero attached hydrogens (tertiary/aromatic N) is 2. The largest absolute Gasteiger partial charge is 0.309 e. The van der Waals surface area contributed by atoms with Crippen LogP contribution in [0.5, 0.6) is 0 Å². The molecule has 1 aromatic heterocycles. The summed E-state index contributed by atoms with van der Waals surface area (Å²) < 4.78 is 2.33. The van der Waals surface area contributed by atoms with Crippen molar-refractivity contribution in [3.63, 3.8) is 0 Å². The highest BCUT2D eigenvalue weighted by Crippen LogP contribution is 2.47. The van der Waals surface area contributed by atoms with Gasteiger partial charge in [-0.25, -0.2) is 0 Å². The normalized spacial score (nSPS) is 11.7. The van der Waals surface area contributed by atoms with Gasteiger partial charge in [0.15, 0.2) is 0 Å². The molecule has 0 N–H and O–H groups in total. The summed E-state index contributed by atoms with van der Waals surface area (Å²) in [5.74, 6) is 0. The smallest absolute Gasteiger partial charge is 0.0998 e. The number of benzene rings is 12. The van der Waals surface area contributed by atoms with Crippen molar-refractivity contribution in [2.75, 3.05) is 0 Å². The van der Waals surface area contributed by atoms with Gasteiger partial charge in [-0.3, -0.25) is 0 Å². The highest BCUT2D eigenvalue weighted by Gasteiger charge is 2.22. The standard InChI is InChI=1S/C63H38N2/c64-39-47-29-35-58-62-52(47)32-33-53-51(34-36-59(63(53)62)65(58)48-19-8-3-9-20-48)42-25-23-40(24-26-42)45-27-30-54-56(37-45)60(43-14-4-1-5-15-43)55-31-28-46(38-57(55)61(54)44-16-6-2-7-17-44)50-22-12-18-41-13-10-11-21-49(41)50/h1-38H. The van der Waals surface area contributed by atoms with E-state index < -0.39 is 0 Å². The maximum absolute atomic E-state index is 10.1. The van der Waals surface area contributed by atoms with Gasteiger partial charge in [0.1, 0.15) is 0 Å². The maximum Gasteiger partial charge on any atom is 0.0998 e. The Bertz CT molecular complexity index is 4020. The van der Waals surface area contributed by atoms with Crippen LogP contribution in [0.25, 0.3) is 126 Å². The molecule has 0 aliphatic carbocycles. The van der Waals surface area contributed by atoms with Gasteiger partial charge < -0.3 is 4.57 Å². The average molecular weight is 823 g/mol. The first-order valence-electron chi connectivity index (χ1n) is 22.2. The zero-order chi connectivity index (χ0) is 43.0. The van der Waals surface area contributed by atoms with Crippen LogP contribution >= 0.6 is 0 Å². The van der Waals surface area contributed by atoms with E-state index in [4.69, 9.17) is 0 Å². The Morgan fingerprint density at radius 1 is 0.308 bits per heavy atom. The van der Waals surface area contributed by atoms with Crippen LogP contribution in [0.2, 0.25) is 0 Å². The number of para-hydroxylation sites is 1. The van der Waals surface area contributed by atoms with Crippen molar-refractivity contribution in [1.82, 2.24) is 4.57 Å². The van der Waals surface area contributed by atoms with Crippen molar-refractivity contribution in [2.24, 2.45) is 0 Å². The maximum atomic E-state index is 10.1. The SMILES string of the molecule is N#Cc1ccc2c3c1ccc1c(-c4ccc(-c5ccc6c(-c7ccccc7)c7cc(-c8cccc9ccccc89)ccc7c(-c7ccccc7)c6c5)cc4)ccc(c13)n2-c1ccccc1. The van der Waals surface area contributed by atoms with E-state index in [1.807, 2.05) is 6.07 Å². The van der Waals surface area contributed by atoms with Crippen molar-refractivity contribution >= 4 is 64.9 Å². The Labute approximate surface area is 376 Å². The van der Waals surface area contributed by atoms with Crippen LogP contribution in [-0.2, 0) is 0 Å². The van der Waals surface area contributed by atoms with Crippen LogP contribution in [0.3, 0.4) is 0 Å². The van der Waals surface area contributed by atoms with E-state index in [1.54, 1.807) is 0 Å². The summed E-state index contributed by atoms with van der Waals surface area (Å²) in [7, 11) is 0. The first kappa shape index (κ1) is 36.8. The minimum Gasteiger partial charge on any atom is -0.309 e. The third-order valence-corrected chi connectivity index (χ3v) is 13.6. The lowest BCUT2D eigenvalue weighted by Crippen LogP contribution is -1.93. The third kappa shape index (κ3) is 5.73. The predicted octanol–water partition coefficient (Wildman–Crippen LogP) is 17.0. The van der Waals surface area contributed by atoms with Crippen LogP contribution in [0.1, 0.15) is 5.56 Å². The van der Waals surface area contributed by atoms with Crippen LogP contribution in [0.4, 0.5) is 0 Å². The molecule has 12 aromatic carbocycles. The molecule has 0 radical (unpaired) electrons. The molecule has 1 heterocycles. The van der Waals surface area contributed by atoms with Crippen molar-refractivity contribution in [3.8, 4) is 67.4 Å². The molecule has 0 bridgehead atoms. The fourth-order valence-corrected chi connectivity index (χ4v) is 10.7. The van der Waals surface area contributed by atoms with Crippen LogP contribution in [0, 0.1) is 11.3 Å². The van der Waals surface area contributed by atoms with Gasteiger partial charge in [0.05, 0.1) is 22.7 Å². The summed E-state index contributed by atoms with van der Waals surface area (Å²) in [6.07, 6.45) is 0. The van der Waals surface area contributed by atoms with E-state index in [0.29, 0.717) is 5.56 Å². The van der Waals surface area contributed by atoms with E-state index in [0.717, 1.165) is 38.6 Å². The zero-order valence-electron chi connectivity index (χ0n) is 35.3. The van der Waals surface area contributed by atoms with E-state index in [9.17, 15) is 5.26 Å². The Kier molecular flexibility index (Phi) is 8.31. The Morgan fingerprint density at radius 3 is 1.51 bits per heavy atom. The second kappa shape index (κ2) is 14.7. The monoisotopic (exact) mass is 822 g/mol. The highest BCUT2D eigenvalue weighted by atomic mass is 15.0. The van der Waals surface area contributed by atoms with Gasteiger partial charge >= 0.3 is 0 Å². The molecule has 65 heavy (non-hydrogen) atoms. The number of fused-ring (bicyclic) bond motifs is 3. The van der Waals surface area contributed by atoms with Crippen molar-refractivity contribution in [3.05, 3.63) is 236 Å². The molecular weight excluding hydrogens is 785 g/mol. The molecule has 0 saturated heterocycles. The van der Waals surface area contributed by atoms with Gasteiger partial charge in [0.25, 0.3) is 0 Å². The molecule has 0 amide bonds. The topological polar surface area (TPSA) is 28.7 Å². The van der Waals surface area contributed by atoms with Gasteiger partial charge in [-0.15, -0.1) is 0 Å². The second-order valence-corrected chi connectivity index (χ2v) is 17.1. The minimum atomic E-state index is 0.696. The molecule has 0 spiro atoms. The van der Waals surface area contributed by atoms with Gasteiger partial charge in [-0.2, -0.15) is 5.26 Å². The lowest BCUT2D eigenvalue weighted by atomic mass is 9.83. The van der Waals surface area contributed by atoms with Crippen molar-refractivity contribution in [2.45, 2.75) is 0 Å². The first-order valence-corrected chi connectivity index (χ1v) is 22.2. The summed E-state index contributed by atoms with van der Waals surface area (Å²) in [4.78, 5) is 0. The summed E-state index contributed by atoms with van der Waals surface area (Å²) in [6, 6.07) is 86.1. The number of hydrogen-bond acceptors (Lipinski definition) is 1. The molecule has 0 aliphatic rings. The van der Waals surface area contributed by atoms with Crippen LogP contribution < -0.4 is 0 Å². The van der Waals surface area contributed by atoms with E-state index in [2.05, 4.69) is 235 Å². The molecular formula is C63H38N2. The average Bonchev–Trinajstić information content (AvgIpc) is 3.72.